The maximum atomic E-state index is 12.5. The molecule has 0 saturated heterocycles. The van der Waals surface area contributed by atoms with Crippen molar-refractivity contribution in [2.75, 3.05) is 6.26 Å². The van der Waals surface area contributed by atoms with Crippen LogP contribution in [0.1, 0.15) is 26.6 Å². The van der Waals surface area contributed by atoms with Crippen molar-refractivity contribution < 1.29 is 4.79 Å². The van der Waals surface area contributed by atoms with E-state index < -0.39 is 0 Å². The number of thioether (sulfide) groups is 1. The molecule has 1 amide bonds. The van der Waals surface area contributed by atoms with E-state index in [0.717, 1.165) is 0 Å². The third kappa shape index (κ3) is 3.50. The first-order valence-electron chi connectivity index (χ1n) is 7.25. The van der Waals surface area contributed by atoms with Crippen LogP contribution < -0.4 is 5.56 Å². The molecule has 0 aliphatic rings. The van der Waals surface area contributed by atoms with Crippen molar-refractivity contribution in [3.8, 4) is 0 Å². The Hall–Kier alpha value is -1.82. The summed E-state index contributed by atoms with van der Waals surface area (Å²) < 4.78 is 0. The molecule has 1 unspecified atom stereocenters. The Balaban J connectivity index is 2.35. The lowest BCUT2D eigenvalue weighted by molar-refractivity contribution is -0.132. The largest absolute Gasteiger partial charge is 0.332 e. The van der Waals surface area contributed by atoms with Crippen molar-refractivity contribution >= 4 is 28.6 Å². The van der Waals surface area contributed by atoms with Gasteiger partial charge in [-0.2, -0.15) is 11.8 Å². The zero-order valence-corrected chi connectivity index (χ0v) is 14.1. The van der Waals surface area contributed by atoms with Crippen molar-refractivity contribution in [1.82, 2.24) is 14.9 Å². The number of para-hydroxylation sites is 1. The number of hydrogen-bond acceptors (Lipinski definition) is 4. The fraction of sp³-hybridized carbons (Fsp3) is 0.438. The molecule has 2 aromatic rings. The number of nitrogens with zero attached hydrogens (tertiary/aromatic N) is 2. The number of fused-ring (bicyclic) bond motifs is 1. The first-order valence-corrected chi connectivity index (χ1v) is 8.54. The van der Waals surface area contributed by atoms with E-state index in [1.165, 1.54) is 11.8 Å². The number of nitrogens with one attached hydrogen (secondary N) is 1. The molecule has 1 heterocycles. The molecule has 1 N–H and O–H groups in total. The molecule has 1 aromatic heterocycles. The van der Waals surface area contributed by atoms with Gasteiger partial charge in [-0.1, -0.05) is 12.1 Å². The van der Waals surface area contributed by atoms with Gasteiger partial charge < -0.3 is 9.88 Å². The first-order chi connectivity index (χ1) is 10.4. The van der Waals surface area contributed by atoms with E-state index in [9.17, 15) is 9.59 Å². The molecule has 5 nitrogen and oxygen atoms in total. The number of carbonyl (C=O) groups is 1. The van der Waals surface area contributed by atoms with Gasteiger partial charge in [0.2, 0.25) is 5.91 Å². The van der Waals surface area contributed by atoms with Crippen LogP contribution in [0.4, 0.5) is 0 Å². The van der Waals surface area contributed by atoms with Gasteiger partial charge in [-0.3, -0.25) is 9.59 Å². The zero-order valence-electron chi connectivity index (χ0n) is 13.3. The summed E-state index contributed by atoms with van der Waals surface area (Å²) in [5.41, 5.74) is 0.477. The summed E-state index contributed by atoms with van der Waals surface area (Å²) in [4.78, 5) is 33.6. The second-order valence-electron chi connectivity index (χ2n) is 5.47. The molecule has 0 radical (unpaired) electrons. The van der Waals surface area contributed by atoms with E-state index in [-0.39, 0.29) is 22.8 Å². The molecular formula is C16H21N3O2S. The van der Waals surface area contributed by atoms with Gasteiger partial charge >= 0.3 is 0 Å². The molecule has 1 aromatic carbocycles. The summed E-state index contributed by atoms with van der Waals surface area (Å²) in [5.74, 6) is 0.567. The third-order valence-corrected chi connectivity index (χ3v) is 4.50. The monoisotopic (exact) mass is 319 g/mol. The lowest BCUT2D eigenvalue weighted by Gasteiger charge is -2.28. The highest BCUT2D eigenvalue weighted by Gasteiger charge is 2.23. The molecule has 22 heavy (non-hydrogen) atoms. The Labute approximate surface area is 134 Å². The Morgan fingerprint density at radius 2 is 2.00 bits per heavy atom. The number of H-pyrrole nitrogens is 1. The second-order valence-corrected chi connectivity index (χ2v) is 6.65. The molecule has 0 aliphatic carbocycles. The third-order valence-electron chi connectivity index (χ3n) is 3.59. The SMILES string of the molecule is CSC(C)C(=O)N(Cc1nc2ccccc2c(=O)[nH]1)C(C)C. The average molecular weight is 319 g/mol. The molecule has 0 aliphatic heterocycles. The maximum Gasteiger partial charge on any atom is 0.258 e. The predicted molar refractivity (Wildman–Crippen MR) is 91.0 cm³/mol. The number of aromatic amines is 1. The van der Waals surface area contributed by atoms with Gasteiger partial charge in [-0.15, -0.1) is 0 Å². The minimum Gasteiger partial charge on any atom is -0.332 e. The van der Waals surface area contributed by atoms with E-state index >= 15 is 0 Å². The summed E-state index contributed by atoms with van der Waals surface area (Å²) in [6, 6.07) is 7.24. The van der Waals surface area contributed by atoms with Crippen LogP contribution in [-0.4, -0.2) is 38.3 Å². The van der Waals surface area contributed by atoms with Crippen molar-refractivity contribution in [3.05, 3.63) is 40.4 Å². The fourth-order valence-corrected chi connectivity index (χ4v) is 2.56. The summed E-state index contributed by atoms with van der Waals surface area (Å²) in [7, 11) is 0. The van der Waals surface area contributed by atoms with Gasteiger partial charge in [0.05, 0.1) is 22.7 Å². The Morgan fingerprint density at radius 1 is 1.32 bits per heavy atom. The van der Waals surface area contributed by atoms with Crippen LogP contribution in [0.15, 0.2) is 29.1 Å². The van der Waals surface area contributed by atoms with E-state index in [4.69, 9.17) is 0 Å². The van der Waals surface area contributed by atoms with Crippen molar-refractivity contribution in [2.24, 2.45) is 0 Å². The topological polar surface area (TPSA) is 66.1 Å². The van der Waals surface area contributed by atoms with Gasteiger partial charge in [-0.25, -0.2) is 4.98 Å². The minimum absolute atomic E-state index is 0.0406. The van der Waals surface area contributed by atoms with Crippen LogP contribution in [0.5, 0.6) is 0 Å². The van der Waals surface area contributed by atoms with Crippen LogP contribution in [0, 0.1) is 0 Å². The maximum absolute atomic E-state index is 12.5. The molecule has 0 spiro atoms. The lowest BCUT2D eigenvalue weighted by Crippen LogP contribution is -2.41. The minimum atomic E-state index is -0.172. The van der Waals surface area contributed by atoms with Gasteiger partial charge in [0, 0.05) is 6.04 Å². The number of hydrogen-bond donors (Lipinski definition) is 1. The molecule has 1 atom stereocenters. The van der Waals surface area contributed by atoms with Crippen molar-refractivity contribution in [2.45, 2.75) is 38.6 Å². The summed E-state index contributed by atoms with van der Waals surface area (Å²) in [5, 5.41) is 0.445. The smallest absolute Gasteiger partial charge is 0.258 e. The normalized spacial score (nSPS) is 12.6. The highest BCUT2D eigenvalue weighted by atomic mass is 32.2. The first kappa shape index (κ1) is 16.5. The van der Waals surface area contributed by atoms with Crippen LogP contribution in [-0.2, 0) is 11.3 Å². The Bertz CT molecular complexity index is 727. The van der Waals surface area contributed by atoms with E-state index in [1.54, 1.807) is 17.0 Å². The molecule has 0 fully saturated rings. The van der Waals surface area contributed by atoms with E-state index in [0.29, 0.717) is 23.3 Å². The number of rotatable bonds is 5. The van der Waals surface area contributed by atoms with Gasteiger partial charge in [-0.05, 0) is 39.2 Å². The molecular weight excluding hydrogens is 298 g/mol. The standard InChI is InChI=1S/C16H21N3O2S/c1-10(2)19(16(21)11(3)22-4)9-14-17-13-8-6-5-7-12(13)15(20)18-14/h5-8,10-11H,9H2,1-4H3,(H,17,18,20). The van der Waals surface area contributed by atoms with Gasteiger partial charge in [0.15, 0.2) is 0 Å². The van der Waals surface area contributed by atoms with Crippen molar-refractivity contribution in [3.63, 3.8) is 0 Å². The highest BCUT2D eigenvalue weighted by molar-refractivity contribution is 7.99. The van der Waals surface area contributed by atoms with Crippen molar-refractivity contribution in [1.29, 1.82) is 0 Å². The number of carbonyl (C=O) groups excluding carboxylic acids is 1. The Kier molecular flexibility index (Phi) is 5.24. The second kappa shape index (κ2) is 6.96. The number of amides is 1. The molecule has 0 saturated carbocycles. The van der Waals surface area contributed by atoms with Crippen LogP contribution in [0.2, 0.25) is 0 Å². The number of aromatic nitrogens is 2. The van der Waals surface area contributed by atoms with E-state index in [2.05, 4.69) is 9.97 Å². The van der Waals surface area contributed by atoms with Crippen LogP contribution in [0.3, 0.4) is 0 Å². The molecule has 118 valence electrons. The predicted octanol–water partition coefficient (Wildman–Crippen LogP) is 2.41. The van der Waals surface area contributed by atoms with Gasteiger partial charge in [0.25, 0.3) is 5.56 Å². The quantitative estimate of drug-likeness (QED) is 0.919. The van der Waals surface area contributed by atoms with Gasteiger partial charge in [0.1, 0.15) is 5.82 Å². The van der Waals surface area contributed by atoms with Crippen LogP contribution in [0.25, 0.3) is 10.9 Å². The highest BCUT2D eigenvalue weighted by Crippen LogP contribution is 2.14. The van der Waals surface area contributed by atoms with E-state index in [1.807, 2.05) is 39.2 Å². The summed E-state index contributed by atoms with van der Waals surface area (Å²) in [6.45, 7) is 6.12. The number of benzene rings is 1. The summed E-state index contributed by atoms with van der Waals surface area (Å²) >= 11 is 1.51. The molecule has 2 rings (SSSR count). The zero-order chi connectivity index (χ0) is 16.3. The molecule has 0 bridgehead atoms. The average Bonchev–Trinajstić information content (AvgIpc) is 2.51. The Morgan fingerprint density at radius 3 is 2.64 bits per heavy atom. The molecule has 6 heteroatoms. The summed E-state index contributed by atoms with van der Waals surface area (Å²) in [6.07, 6.45) is 1.91. The van der Waals surface area contributed by atoms with Crippen LogP contribution >= 0.6 is 11.8 Å². The fourth-order valence-electron chi connectivity index (χ4n) is 2.22. The lowest BCUT2D eigenvalue weighted by atomic mass is 10.2.